The Hall–Kier alpha value is -4.79. The third-order valence-electron chi connectivity index (χ3n) is 5.72. The van der Waals surface area contributed by atoms with Crippen LogP contribution in [0, 0.1) is 6.92 Å². The van der Waals surface area contributed by atoms with Gasteiger partial charge in [0.05, 0.1) is 10.9 Å². The maximum absolute atomic E-state index is 12.6. The summed E-state index contributed by atoms with van der Waals surface area (Å²) in [6.07, 6.45) is 3.17. The van der Waals surface area contributed by atoms with Gasteiger partial charge in [-0.3, -0.25) is 14.4 Å². The molecule has 0 saturated heterocycles. The fraction of sp³-hybridized carbons (Fsp3) is 0.148. The lowest BCUT2D eigenvalue weighted by Crippen LogP contribution is -2.41. The van der Waals surface area contributed by atoms with Crippen LogP contribution < -0.4 is 10.9 Å². The van der Waals surface area contributed by atoms with E-state index < -0.39 is 23.9 Å². The molecule has 0 radical (unpaired) electrons. The predicted octanol–water partition coefficient (Wildman–Crippen LogP) is 3.60. The molecule has 0 saturated carbocycles. The van der Waals surface area contributed by atoms with E-state index in [9.17, 15) is 24.3 Å². The lowest BCUT2D eigenvalue weighted by molar-refractivity contribution is -0.140. The van der Waals surface area contributed by atoms with Crippen molar-refractivity contribution in [1.82, 2.24) is 15.3 Å². The quantitative estimate of drug-likeness (QED) is 0.220. The van der Waals surface area contributed by atoms with Crippen LogP contribution in [0.2, 0.25) is 0 Å². The smallest absolute Gasteiger partial charge is 0.326 e. The van der Waals surface area contributed by atoms with Gasteiger partial charge in [0.15, 0.2) is 0 Å². The molecule has 0 bridgehead atoms. The molecule has 0 fully saturated rings. The Bertz CT molecular complexity index is 1570. The average molecular weight is 485 g/mol. The highest BCUT2D eigenvalue weighted by molar-refractivity contribution is 6.06. The van der Waals surface area contributed by atoms with Gasteiger partial charge < -0.3 is 20.5 Å². The van der Waals surface area contributed by atoms with E-state index in [0.29, 0.717) is 16.7 Å². The zero-order valence-electron chi connectivity index (χ0n) is 19.3. The van der Waals surface area contributed by atoms with Crippen molar-refractivity contribution in [3.63, 3.8) is 0 Å². The van der Waals surface area contributed by atoms with Crippen LogP contribution in [0.5, 0.6) is 0 Å². The SMILES string of the molecule is Cc1nc2ccc3ccc(/C=C/c4ccc(C(=O)N[C@@H](CCC(=O)O)C(=O)O)cc4)cc3c2c(=O)[nH]1. The molecule has 0 aliphatic carbocycles. The van der Waals surface area contributed by atoms with E-state index in [1.54, 1.807) is 31.2 Å². The lowest BCUT2D eigenvalue weighted by Gasteiger charge is -2.13. The van der Waals surface area contributed by atoms with Gasteiger partial charge >= 0.3 is 11.9 Å². The standard InChI is InChI=1S/C27H23N3O6/c1-15-28-21-11-10-18-7-6-17(14-20(18)24(21)26(34)29-15)3-2-16-4-8-19(9-5-16)25(33)30-22(27(35)36)12-13-23(31)32/h2-11,14,22H,12-13H2,1H3,(H,30,33)(H,31,32)(H,35,36)(H,28,29,34)/b3-2+/t22-/m0/s1. The Kier molecular flexibility index (Phi) is 6.91. The number of aryl methyl sites for hydroxylation is 1. The highest BCUT2D eigenvalue weighted by Crippen LogP contribution is 2.24. The Morgan fingerprint density at radius 3 is 2.36 bits per heavy atom. The number of benzene rings is 3. The number of hydrogen-bond donors (Lipinski definition) is 4. The molecule has 0 spiro atoms. The zero-order valence-corrected chi connectivity index (χ0v) is 19.3. The lowest BCUT2D eigenvalue weighted by atomic mass is 10.0. The van der Waals surface area contributed by atoms with Crippen molar-refractivity contribution >= 4 is 51.7 Å². The molecule has 4 N–H and O–H groups in total. The number of aromatic nitrogens is 2. The molecule has 1 aromatic heterocycles. The molecule has 0 aliphatic rings. The molecular weight excluding hydrogens is 462 g/mol. The molecule has 9 heteroatoms. The number of fused-ring (bicyclic) bond motifs is 3. The van der Waals surface area contributed by atoms with Crippen LogP contribution in [0.3, 0.4) is 0 Å². The second-order valence-corrected chi connectivity index (χ2v) is 8.34. The van der Waals surface area contributed by atoms with E-state index >= 15 is 0 Å². The molecule has 4 aromatic rings. The molecule has 36 heavy (non-hydrogen) atoms. The number of carbonyl (C=O) groups excluding carboxylic acids is 1. The fourth-order valence-electron chi connectivity index (χ4n) is 3.90. The van der Waals surface area contributed by atoms with Crippen LogP contribution in [0.25, 0.3) is 33.8 Å². The highest BCUT2D eigenvalue weighted by Gasteiger charge is 2.21. The summed E-state index contributed by atoms with van der Waals surface area (Å²) in [5.41, 5.74) is 2.38. The Morgan fingerprint density at radius 1 is 1.00 bits per heavy atom. The van der Waals surface area contributed by atoms with Crippen molar-refractivity contribution in [3.05, 3.63) is 87.5 Å². The number of carboxylic acid groups (broad SMARTS) is 2. The van der Waals surface area contributed by atoms with Gasteiger partial charge in [0, 0.05) is 12.0 Å². The number of rotatable bonds is 8. The summed E-state index contributed by atoms with van der Waals surface area (Å²) in [4.78, 5) is 54.1. The summed E-state index contributed by atoms with van der Waals surface area (Å²) in [7, 11) is 0. The van der Waals surface area contributed by atoms with E-state index in [-0.39, 0.29) is 24.0 Å². The van der Waals surface area contributed by atoms with Gasteiger partial charge in [0.2, 0.25) is 0 Å². The molecule has 1 amide bonds. The van der Waals surface area contributed by atoms with Crippen LogP contribution >= 0.6 is 0 Å². The largest absolute Gasteiger partial charge is 0.481 e. The van der Waals surface area contributed by atoms with E-state index in [0.717, 1.165) is 21.9 Å². The number of hydrogen-bond acceptors (Lipinski definition) is 5. The summed E-state index contributed by atoms with van der Waals surface area (Å²) < 4.78 is 0. The van der Waals surface area contributed by atoms with Gasteiger partial charge in [0.25, 0.3) is 11.5 Å². The number of nitrogens with zero attached hydrogens (tertiary/aromatic N) is 1. The van der Waals surface area contributed by atoms with E-state index in [1.165, 1.54) is 0 Å². The Balaban J connectivity index is 1.52. The van der Waals surface area contributed by atoms with Gasteiger partial charge in [-0.25, -0.2) is 9.78 Å². The van der Waals surface area contributed by atoms with Crippen LogP contribution in [0.4, 0.5) is 0 Å². The number of carbonyl (C=O) groups is 3. The number of aliphatic carboxylic acids is 2. The van der Waals surface area contributed by atoms with Crippen LogP contribution in [0.15, 0.2) is 59.4 Å². The molecule has 9 nitrogen and oxygen atoms in total. The van der Waals surface area contributed by atoms with Gasteiger partial charge in [0.1, 0.15) is 11.9 Å². The minimum atomic E-state index is -1.29. The average Bonchev–Trinajstić information content (AvgIpc) is 2.84. The van der Waals surface area contributed by atoms with Crippen molar-refractivity contribution in [2.45, 2.75) is 25.8 Å². The number of carboxylic acids is 2. The third-order valence-corrected chi connectivity index (χ3v) is 5.72. The summed E-state index contributed by atoms with van der Waals surface area (Å²) in [6, 6.07) is 14.8. The maximum Gasteiger partial charge on any atom is 0.326 e. The minimum Gasteiger partial charge on any atom is -0.481 e. The predicted molar refractivity (Wildman–Crippen MR) is 136 cm³/mol. The van der Waals surface area contributed by atoms with Crippen molar-refractivity contribution in [2.75, 3.05) is 0 Å². The maximum atomic E-state index is 12.6. The van der Waals surface area contributed by atoms with Crippen molar-refractivity contribution in [2.24, 2.45) is 0 Å². The molecule has 0 aliphatic heterocycles. The van der Waals surface area contributed by atoms with Crippen molar-refractivity contribution in [1.29, 1.82) is 0 Å². The summed E-state index contributed by atoms with van der Waals surface area (Å²) in [6.45, 7) is 1.74. The summed E-state index contributed by atoms with van der Waals surface area (Å²) >= 11 is 0. The van der Waals surface area contributed by atoms with Crippen molar-refractivity contribution in [3.8, 4) is 0 Å². The summed E-state index contributed by atoms with van der Waals surface area (Å²) in [5, 5.41) is 22.6. The molecule has 4 rings (SSSR count). The monoisotopic (exact) mass is 485 g/mol. The first-order valence-electron chi connectivity index (χ1n) is 11.2. The number of aromatic amines is 1. The van der Waals surface area contributed by atoms with Crippen LogP contribution in [-0.4, -0.2) is 44.1 Å². The first-order valence-corrected chi connectivity index (χ1v) is 11.2. The first kappa shape index (κ1) is 24.3. The van der Waals surface area contributed by atoms with Gasteiger partial charge in [-0.1, -0.05) is 42.5 Å². The topological polar surface area (TPSA) is 149 Å². The molecule has 1 heterocycles. The fourth-order valence-corrected chi connectivity index (χ4v) is 3.90. The molecule has 1 atom stereocenters. The number of amides is 1. The summed E-state index contributed by atoms with van der Waals surface area (Å²) in [5.74, 6) is -2.47. The second-order valence-electron chi connectivity index (χ2n) is 8.34. The van der Waals surface area contributed by atoms with Gasteiger partial charge in [-0.15, -0.1) is 0 Å². The minimum absolute atomic E-state index is 0.189. The normalized spacial score (nSPS) is 12.1. The Morgan fingerprint density at radius 2 is 1.67 bits per heavy atom. The van der Waals surface area contributed by atoms with Crippen LogP contribution in [0.1, 0.15) is 40.2 Å². The Labute approximate surface area is 205 Å². The number of nitrogens with one attached hydrogen (secondary N) is 2. The second kappa shape index (κ2) is 10.2. The van der Waals surface area contributed by atoms with E-state index in [4.69, 9.17) is 5.11 Å². The zero-order chi connectivity index (χ0) is 25.8. The van der Waals surface area contributed by atoms with Crippen molar-refractivity contribution < 1.29 is 24.6 Å². The van der Waals surface area contributed by atoms with E-state index in [1.807, 2.05) is 42.5 Å². The molecule has 0 unspecified atom stereocenters. The first-order chi connectivity index (χ1) is 17.2. The third kappa shape index (κ3) is 5.47. The molecular formula is C27H23N3O6. The highest BCUT2D eigenvalue weighted by atomic mass is 16.4. The van der Waals surface area contributed by atoms with Gasteiger partial charge in [-0.05, 0) is 59.5 Å². The van der Waals surface area contributed by atoms with Crippen LogP contribution in [-0.2, 0) is 9.59 Å². The van der Waals surface area contributed by atoms with Gasteiger partial charge in [-0.2, -0.15) is 0 Å². The molecule has 182 valence electrons. The number of H-pyrrole nitrogens is 1. The molecule has 3 aromatic carbocycles. The van der Waals surface area contributed by atoms with E-state index in [2.05, 4.69) is 15.3 Å².